The number of likely N-dealkylation sites (tertiary alicyclic amines) is 1. The van der Waals surface area contributed by atoms with Crippen LogP contribution in [0.1, 0.15) is 43.2 Å². The number of nitrogens with zero attached hydrogens (tertiary/aromatic N) is 2. The monoisotopic (exact) mass is 418 g/mol. The van der Waals surface area contributed by atoms with Crippen LogP contribution in [0.25, 0.3) is 0 Å². The lowest BCUT2D eigenvalue weighted by Gasteiger charge is -2.40. The van der Waals surface area contributed by atoms with E-state index in [2.05, 4.69) is 39.7 Å². The zero-order valence-electron chi connectivity index (χ0n) is 17.1. The van der Waals surface area contributed by atoms with Crippen LogP contribution >= 0.6 is 11.6 Å². The molecule has 6 nitrogen and oxygen atoms in total. The van der Waals surface area contributed by atoms with Crippen LogP contribution in [0.4, 0.5) is 0 Å². The number of nitrogens with one attached hydrogen (secondary N) is 2. The molecule has 2 heterocycles. The molecule has 2 aromatic rings. The number of aliphatic imine (C=N–C) groups is 1. The Bertz CT molecular complexity index is 781. The molecule has 29 heavy (non-hydrogen) atoms. The van der Waals surface area contributed by atoms with Gasteiger partial charge in [0.2, 0.25) is 0 Å². The highest BCUT2D eigenvalue weighted by molar-refractivity contribution is 6.30. The Morgan fingerprint density at radius 1 is 1.34 bits per heavy atom. The van der Waals surface area contributed by atoms with Crippen LogP contribution in [0.15, 0.2) is 52.1 Å². The molecule has 158 valence electrons. The maximum atomic E-state index is 10.2. The van der Waals surface area contributed by atoms with Crippen molar-refractivity contribution in [2.24, 2.45) is 10.9 Å². The zero-order chi connectivity index (χ0) is 20.6. The largest absolute Gasteiger partial charge is 0.467 e. The number of benzene rings is 1. The van der Waals surface area contributed by atoms with E-state index in [0.717, 1.165) is 31.1 Å². The zero-order valence-corrected chi connectivity index (χ0v) is 17.9. The third kappa shape index (κ3) is 5.98. The Balaban J connectivity index is 1.65. The second-order valence-corrected chi connectivity index (χ2v) is 7.95. The summed E-state index contributed by atoms with van der Waals surface area (Å²) in [6.45, 7) is 4.90. The summed E-state index contributed by atoms with van der Waals surface area (Å²) in [4.78, 5) is 6.94. The minimum atomic E-state index is -0.750. The fraction of sp³-hybridized carbons (Fsp3) is 0.500. The summed E-state index contributed by atoms with van der Waals surface area (Å²) >= 11 is 6.25. The average Bonchev–Trinajstić information content (AvgIpc) is 3.25. The molecule has 0 aliphatic carbocycles. The van der Waals surface area contributed by atoms with Gasteiger partial charge in [-0.1, -0.05) is 23.7 Å². The average molecular weight is 419 g/mol. The summed E-state index contributed by atoms with van der Waals surface area (Å²) in [5.74, 6) is 1.67. The molecular weight excluding hydrogens is 388 g/mol. The van der Waals surface area contributed by atoms with Crippen LogP contribution in [0.3, 0.4) is 0 Å². The molecule has 7 heteroatoms. The smallest absolute Gasteiger partial charge is 0.191 e. The van der Waals surface area contributed by atoms with E-state index in [9.17, 15) is 5.11 Å². The van der Waals surface area contributed by atoms with Gasteiger partial charge in [0.25, 0.3) is 0 Å². The second-order valence-electron chi connectivity index (χ2n) is 7.51. The van der Waals surface area contributed by atoms with Crippen molar-refractivity contribution in [2.45, 2.75) is 31.9 Å². The van der Waals surface area contributed by atoms with E-state index in [4.69, 9.17) is 16.0 Å². The van der Waals surface area contributed by atoms with Crippen LogP contribution in [0.5, 0.6) is 0 Å². The van der Waals surface area contributed by atoms with Crippen LogP contribution in [-0.4, -0.2) is 49.2 Å². The quantitative estimate of drug-likeness (QED) is 0.473. The van der Waals surface area contributed by atoms with Gasteiger partial charge in [-0.3, -0.25) is 9.89 Å². The van der Waals surface area contributed by atoms with E-state index < -0.39 is 6.10 Å². The van der Waals surface area contributed by atoms with Crippen molar-refractivity contribution in [1.29, 1.82) is 0 Å². The molecule has 3 atom stereocenters. The Morgan fingerprint density at radius 3 is 2.93 bits per heavy atom. The maximum absolute atomic E-state index is 10.2. The molecule has 0 radical (unpaired) electrons. The predicted molar refractivity (Wildman–Crippen MR) is 117 cm³/mol. The van der Waals surface area contributed by atoms with E-state index in [1.807, 2.05) is 19.1 Å². The topological polar surface area (TPSA) is 73.0 Å². The van der Waals surface area contributed by atoms with Crippen LogP contribution in [0, 0.1) is 5.92 Å². The number of rotatable bonds is 7. The molecule has 1 aliphatic heterocycles. The summed E-state index contributed by atoms with van der Waals surface area (Å²) in [6.07, 6.45) is 3.12. The lowest BCUT2D eigenvalue weighted by atomic mass is 9.85. The first-order valence-corrected chi connectivity index (χ1v) is 10.7. The van der Waals surface area contributed by atoms with E-state index in [-0.39, 0.29) is 6.54 Å². The first-order chi connectivity index (χ1) is 14.1. The highest BCUT2D eigenvalue weighted by Gasteiger charge is 2.30. The summed E-state index contributed by atoms with van der Waals surface area (Å²) < 4.78 is 5.25. The molecule has 1 saturated heterocycles. The number of halogens is 1. The molecule has 1 aromatic heterocycles. The van der Waals surface area contributed by atoms with Crippen molar-refractivity contribution >= 4 is 17.6 Å². The third-order valence-corrected chi connectivity index (χ3v) is 5.60. The van der Waals surface area contributed by atoms with Crippen LogP contribution in [-0.2, 0) is 0 Å². The Morgan fingerprint density at radius 2 is 2.21 bits per heavy atom. The number of furan rings is 1. The molecule has 1 fully saturated rings. The van der Waals surface area contributed by atoms with E-state index in [1.54, 1.807) is 18.4 Å². The maximum Gasteiger partial charge on any atom is 0.191 e. The highest BCUT2D eigenvalue weighted by Crippen LogP contribution is 2.35. The summed E-state index contributed by atoms with van der Waals surface area (Å²) in [6, 6.07) is 12.0. The number of hydrogen-bond donors (Lipinski definition) is 3. The van der Waals surface area contributed by atoms with Gasteiger partial charge in [0.05, 0.1) is 12.8 Å². The van der Waals surface area contributed by atoms with Gasteiger partial charge in [0.1, 0.15) is 11.9 Å². The molecule has 3 unspecified atom stereocenters. The van der Waals surface area contributed by atoms with Crippen LogP contribution in [0.2, 0.25) is 5.02 Å². The minimum absolute atomic E-state index is 0.241. The Hall–Kier alpha value is -2.02. The lowest BCUT2D eigenvalue weighted by molar-refractivity contribution is 0.122. The molecule has 3 rings (SSSR count). The number of aliphatic hydroxyl groups excluding tert-OH is 1. The van der Waals surface area contributed by atoms with E-state index in [1.165, 1.54) is 12.0 Å². The first kappa shape index (κ1) is 21.7. The van der Waals surface area contributed by atoms with Gasteiger partial charge < -0.3 is 20.2 Å². The Kier molecular flexibility index (Phi) is 7.98. The molecule has 1 aliphatic rings. The fourth-order valence-electron chi connectivity index (χ4n) is 4.01. The summed E-state index contributed by atoms with van der Waals surface area (Å²) in [7, 11) is 2.18. The number of guanidine groups is 1. The molecule has 0 amide bonds. The second kappa shape index (κ2) is 10.7. The highest BCUT2D eigenvalue weighted by atomic mass is 35.5. The van der Waals surface area contributed by atoms with Gasteiger partial charge in [-0.25, -0.2) is 0 Å². The van der Waals surface area contributed by atoms with Gasteiger partial charge in [-0.2, -0.15) is 0 Å². The van der Waals surface area contributed by atoms with Crippen molar-refractivity contribution in [2.75, 3.05) is 33.2 Å². The van der Waals surface area contributed by atoms with E-state index in [0.29, 0.717) is 23.7 Å². The van der Waals surface area contributed by atoms with Crippen molar-refractivity contribution in [1.82, 2.24) is 15.5 Å². The predicted octanol–water partition coefficient (Wildman–Crippen LogP) is 3.60. The van der Waals surface area contributed by atoms with Gasteiger partial charge in [-0.05, 0) is 69.1 Å². The lowest BCUT2D eigenvalue weighted by Crippen LogP contribution is -2.45. The van der Waals surface area contributed by atoms with Gasteiger partial charge in [-0.15, -0.1) is 0 Å². The van der Waals surface area contributed by atoms with E-state index >= 15 is 0 Å². The molecule has 1 aromatic carbocycles. The van der Waals surface area contributed by atoms with Crippen molar-refractivity contribution in [3.63, 3.8) is 0 Å². The van der Waals surface area contributed by atoms with Gasteiger partial charge >= 0.3 is 0 Å². The molecule has 0 spiro atoms. The van der Waals surface area contributed by atoms with Crippen LogP contribution < -0.4 is 10.6 Å². The Labute approximate surface area is 178 Å². The molecule has 3 N–H and O–H groups in total. The van der Waals surface area contributed by atoms with Crippen molar-refractivity contribution < 1.29 is 9.52 Å². The minimum Gasteiger partial charge on any atom is -0.467 e. The fourth-order valence-corrected chi connectivity index (χ4v) is 4.21. The van der Waals surface area contributed by atoms with Gasteiger partial charge in [0.15, 0.2) is 5.96 Å². The number of piperidine rings is 1. The molecule has 0 saturated carbocycles. The standard InChI is InChI=1S/C22H31ClN4O2/c1-3-24-22(26-15-19(28)20-10-6-12-29-20)25-14-17-8-5-11-27(2)21(17)16-7-4-9-18(23)13-16/h4,6-7,9-10,12-13,17,19,21,28H,3,5,8,11,14-15H2,1-2H3,(H2,24,25,26). The molecule has 0 bridgehead atoms. The normalized spacial score (nSPS) is 21.7. The SMILES string of the molecule is CCNC(=NCC(O)c1ccco1)NCC1CCCN(C)C1c1cccc(Cl)c1. The van der Waals surface area contributed by atoms with Crippen molar-refractivity contribution in [3.05, 3.63) is 59.0 Å². The molecular formula is C22H31ClN4O2. The number of aliphatic hydroxyl groups is 1. The third-order valence-electron chi connectivity index (χ3n) is 5.37. The van der Waals surface area contributed by atoms with Crippen molar-refractivity contribution in [3.8, 4) is 0 Å². The summed E-state index contributed by atoms with van der Waals surface area (Å²) in [5, 5.41) is 17.7. The summed E-state index contributed by atoms with van der Waals surface area (Å²) in [5.41, 5.74) is 1.25. The van der Waals surface area contributed by atoms with Gasteiger partial charge in [0, 0.05) is 24.2 Å². The first-order valence-electron chi connectivity index (χ1n) is 10.3. The number of hydrogen-bond acceptors (Lipinski definition) is 4.